The summed E-state index contributed by atoms with van der Waals surface area (Å²) in [5, 5.41) is 0. The third-order valence-electron chi connectivity index (χ3n) is 5.95. The van der Waals surface area contributed by atoms with Crippen LogP contribution in [0.4, 0.5) is 5.69 Å². The number of rotatable bonds is 6. The summed E-state index contributed by atoms with van der Waals surface area (Å²) in [4.78, 5) is 22.2. The molecule has 1 aliphatic heterocycles. The van der Waals surface area contributed by atoms with Gasteiger partial charge in [-0.2, -0.15) is 0 Å². The Morgan fingerprint density at radius 3 is 2.55 bits per heavy atom. The summed E-state index contributed by atoms with van der Waals surface area (Å²) < 4.78 is 11.8. The zero-order chi connectivity index (χ0) is 22.9. The van der Waals surface area contributed by atoms with Crippen LogP contribution in [0.3, 0.4) is 0 Å². The lowest BCUT2D eigenvalue weighted by Gasteiger charge is -2.36. The lowest BCUT2D eigenvalue weighted by atomic mass is 10.2. The number of imidazole rings is 1. The number of hydrogen-bond acceptors (Lipinski definition) is 7. The number of piperazine rings is 1. The first-order chi connectivity index (χ1) is 16.0. The van der Waals surface area contributed by atoms with Gasteiger partial charge in [-0.05, 0) is 40.2 Å². The highest BCUT2D eigenvalue weighted by Gasteiger charge is 2.23. The minimum absolute atomic E-state index is 0.305. The predicted molar refractivity (Wildman–Crippen MR) is 132 cm³/mol. The van der Waals surface area contributed by atoms with Crippen LogP contribution in [0.5, 0.6) is 5.75 Å². The Morgan fingerprint density at radius 2 is 1.88 bits per heavy atom. The number of nitrogens with one attached hydrogen (secondary N) is 1. The van der Waals surface area contributed by atoms with Gasteiger partial charge in [-0.3, -0.25) is 4.90 Å². The number of hydrogen-bond donors (Lipinski definition) is 1. The Labute approximate surface area is 201 Å². The quantitative estimate of drug-likeness (QED) is 0.397. The van der Waals surface area contributed by atoms with Crippen LogP contribution in [0.2, 0.25) is 0 Å². The number of pyridine rings is 1. The predicted octanol–water partition coefficient (Wildman–Crippen LogP) is 4.83. The van der Waals surface area contributed by atoms with Crippen molar-refractivity contribution < 1.29 is 9.15 Å². The van der Waals surface area contributed by atoms with Crippen LogP contribution < -0.4 is 9.64 Å². The first-order valence-electron chi connectivity index (χ1n) is 11.1. The monoisotopic (exact) mass is 510 g/mol. The number of halogens is 1. The molecule has 0 saturated carbocycles. The maximum atomic E-state index is 5.59. The second-order valence-corrected chi connectivity index (χ2v) is 9.42. The van der Waals surface area contributed by atoms with E-state index in [0.29, 0.717) is 11.6 Å². The normalized spacial score (nSPS) is 15.0. The average molecular weight is 511 g/mol. The molecule has 5 rings (SSSR count). The molecule has 0 aliphatic carbocycles. The molecular weight excluding hydrogens is 484 g/mol. The maximum absolute atomic E-state index is 5.59. The van der Waals surface area contributed by atoms with Crippen molar-refractivity contribution in [1.82, 2.24) is 24.8 Å². The molecule has 9 heteroatoms. The highest BCUT2D eigenvalue weighted by molar-refractivity contribution is 9.10. The van der Waals surface area contributed by atoms with Gasteiger partial charge in [0.25, 0.3) is 0 Å². The number of nitrogens with zero attached hydrogens (tertiary/aromatic N) is 5. The van der Waals surface area contributed by atoms with Crippen LogP contribution in [0.1, 0.15) is 31.4 Å². The Hall–Kier alpha value is -2.91. The zero-order valence-electron chi connectivity index (χ0n) is 19.0. The fourth-order valence-electron chi connectivity index (χ4n) is 4.13. The first-order valence-corrected chi connectivity index (χ1v) is 11.9. The van der Waals surface area contributed by atoms with Crippen LogP contribution in [-0.4, -0.2) is 58.1 Å². The smallest absolute Gasteiger partial charge is 0.196 e. The lowest BCUT2D eigenvalue weighted by Crippen LogP contribution is -2.46. The van der Waals surface area contributed by atoms with Crippen molar-refractivity contribution in [2.24, 2.45) is 0 Å². The molecule has 1 fully saturated rings. The summed E-state index contributed by atoms with van der Waals surface area (Å²) in [5.41, 5.74) is 4.76. The van der Waals surface area contributed by atoms with Crippen molar-refractivity contribution >= 4 is 32.8 Å². The molecule has 0 atom stereocenters. The number of anilines is 1. The molecule has 1 aromatic carbocycles. The van der Waals surface area contributed by atoms with Crippen molar-refractivity contribution in [3.05, 3.63) is 52.8 Å². The first kappa shape index (κ1) is 21.9. The second kappa shape index (κ2) is 9.15. The zero-order valence-corrected chi connectivity index (χ0v) is 20.6. The van der Waals surface area contributed by atoms with Gasteiger partial charge >= 0.3 is 0 Å². The fourth-order valence-corrected chi connectivity index (χ4v) is 4.69. The number of ether oxygens (including phenoxy) is 1. The molecule has 0 amide bonds. The van der Waals surface area contributed by atoms with Gasteiger partial charge in [-0.1, -0.05) is 13.8 Å². The number of H-pyrrole nitrogens is 1. The summed E-state index contributed by atoms with van der Waals surface area (Å²) in [6.07, 6.45) is 3.63. The highest BCUT2D eigenvalue weighted by atomic mass is 79.9. The van der Waals surface area contributed by atoms with Gasteiger partial charge in [-0.25, -0.2) is 15.0 Å². The van der Waals surface area contributed by atoms with Gasteiger partial charge in [0.1, 0.15) is 23.4 Å². The van der Waals surface area contributed by atoms with Gasteiger partial charge in [-0.15, -0.1) is 0 Å². The topological polar surface area (TPSA) is 83.3 Å². The lowest BCUT2D eigenvalue weighted by molar-refractivity contribution is 0.247. The van der Waals surface area contributed by atoms with E-state index in [-0.39, 0.29) is 0 Å². The van der Waals surface area contributed by atoms with E-state index in [4.69, 9.17) is 14.1 Å². The van der Waals surface area contributed by atoms with E-state index in [1.807, 2.05) is 30.5 Å². The Morgan fingerprint density at radius 1 is 1.12 bits per heavy atom. The molecule has 8 nitrogen and oxygen atoms in total. The summed E-state index contributed by atoms with van der Waals surface area (Å²) in [7, 11) is 1.66. The largest absolute Gasteiger partial charge is 0.497 e. The minimum Gasteiger partial charge on any atom is -0.497 e. The molecule has 1 aliphatic rings. The molecule has 0 radical (unpaired) electrons. The molecule has 3 aromatic heterocycles. The number of oxazole rings is 1. The SMILES string of the molecule is COc1ccc(-c2nc3ncc(Br)c(N4CCN(Cc5coc(C(C)C)n5)CC4)c3[nH]2)cc1. The Kier molecular flexibility index (Phi) is 6.07. The second-order valence-electron chi connectivity index (χ2n) is 8.56. The van der Waals surface area contributed by atoms with Crippen LogP contribution in [-0.2, 0) is 6.54 Å². The van der Waals surface area contributed by atoms with E-state index in [2.05, 4.69) is 54.5 Å². The van der Waals surface area contributed by atoms with Crippen molar-refractivity contribution in [3.8, 4) is 17.1 Å². The summed E-state index contributed by atoms with van der Waals surface area (Å²) >= 11 is 3.72. The molecule has 4 aromatic rings. The summed E-state index contributed by atoms with van der Waals surface area (Å²) in [5.74, 6) is 2.73. The van der Waals surface area contributed by atoms with Crippen molar-refractivity contribution in [2.75, 3.05) is 38.2 Å². The minimum atomic E-state index is 0.305. The standard InChI is InChI=1S/C24H27BrN6O2/c1-15(2)24-27-17(14-33-24)13-30-8-10-31(11-9-30)21-19(25)12-26-23-20(21)28-22(29-23)16-4-6-18(32-3)7-5-16/h4-7,12,14-15H,8-11,13H2,1-3H3,(H,26,28,29). The van der Waals surface area contributed by atoms with Gasteiger partial charge < -0.3 is 19.0 Å². The fraction of sp³-hybridized carbons (Fsp3) is 0.375. The van der Waals surface area contributed by atoms with Crippen molar-refractivity contribution in [1.29, 1.82) is 0 Å². The van der Waals surface area contributed by atoms with Gasteiger partial charge in [0, 0.05) is 50.4 Å². The molecule has 1 saturated heterocycles. The molecule has 172 valence electrons. The van der Waals surface area contributed by atoms with E-state index in [9.17, 15) is 0 Å². The Balaban J connectivity index is 1.34. The van der Waals surface area contributed by atoms with Crippen molar-refractivity contribution in [2.45, 2.75) is 26.3 Å². The summed E-state index contributed by atoms with van der Waals surface area (Å²) in [6.45, 7) is 8.70. The van der Waals surface area contributed by atoms with Crippen LogP contribution in [0.15, 0.2) is 45.6 Å². The van der Waals surface area contributed by atoms with E-state index in [0.717, 1.165) is 77.1 Å². The van der Waals surface area contributed by atoms with E-state index >= 15 is 0 Å². The summed E-state index contributed by atoms with van der Waals surface area (Å²) in [6, 6.07) is 7.87. The van der Waals surface area contributed by atoms with E-state index in [1.54, 1.807) is 13.4 Å². The van der Waals surface area contributed by atoms with E-state index in [1.165, 1.54) is 0 Å². The molecule has 33 heavy (non-hydrogen) atoms. The molecule has 1 N–H and O–H groups in total. The number of methoxy groups -OCH3 is 1. The number of aromatic amines is 1. The van der Waals surface area contributed by atoms with Gasteiger partial charge in [0.15, 0.2) is 11.5 Å². The highest BCUT2D eigenvalue weighted by Crippen LogP contribution is 2.34. The van der Waals surface area contributed by atoms with Crippen LogP contribution in [0.25, 0.3) is 22.6 Å². The Bertz CT molecular complexity index is 1240. The van der Waals surface area contributed by atoms with Gasteiger partial charge in [0.05, 0.1) is 23.0 Å². The van der Waals surface area contributed by atoms with Crippen LogP contribution in [0, 0.1) is 0 Å². The third kappa shape index (κ3) is 4.47. The maximum Gasteiger partial charge on any atom is 0.196 e. The number of benzene rings is 1. The van der Waals surface area contributed by atoms with Gasteiger partial charge in [0.2, 0.25) is 0 Å². The van der Waals surface area contributed by atoms with Crippen molar-refractivity contribution in [3.63, 3.8) is 0 Å². The molecule has 4 heterocycles. The molecule has 0 bridgehead atoms. The number of aromatic nitrogens is 4. The average Bonchev–Trinajstić information content (AvgIpc) is 3.47. The number of fused-ring (bicyclic) bond motifs is 1. The molecule has 0 unspecified atom stereocenters. The van der Waals surface area contributed by atoms with Crippen LogP contribution >= 0.6 is 15.9 Å². The third-order valence-corrected chi connectivity index (χ3v) is 6.53. The molecule has 0 spiro atoms. The van der Waals surface area contributed by atoms with E-state index < -0.39 is 0 Å². The molecular formula is C24H27BrN6O2.